The summed E-state index contributed by atoms with van der Waals surface area (Å²) >= 11 is 0. The molecular weight excluding hydrogens is 194 g/mol. The Kier molecular flexibility index (Phi) is 3.02. The first-order chi connectivity index (χ1) is 6.79. The molecule has 1 amide bonds. The highest BCUT2D eigenvalue weighted by atomic mass is 16.6. The largest absolute Gasteiger partial charge is 0.443 e. The summed E-state index contributed by atoms with van der Waals surface area (Å²) in [6.07, 6.45) is 2.99. The van der Waals surface area contributed by atoms with Gasteiger partial charge in [-0.15, -0.1) is 0 Å². The van der Waals surface area contributed by atoms with E-state index in [-0.39, 0.29) is 6.09 Å². The van der Waals surface area contributed by atoms with Gasteiger partial charge < -0.3 is 4.74 Å². The molecule has 0 aliphatic rings. The van der Waals surface area contributed by atoms with Gasteiger partial charge in [-0.3, -0.25) is 9.58 Å². The summed E-state index contributed by atoms with van der Waals surface area (Å²) < 4.78 is 6.85. The minimum absolute atomic E-state index is 0.379. The van der Waals surface area contributed by atoms with Crippen molar-refractivity contribution in [1.82, 2.24) is 9.78 Å². The van der Waals surface area contributed by atoms with Crippen molar-refractivity contribution in [3.63, 3.8) is 0 Å². The van der Waals surface area contributed by atoms with Gasteiger partial charge in [0.15, 0.2) is 0 Å². The van der Waals surface area contributed by atoms with E-state index in [1.165, 1.54) is 4.90 Å². The zero-order chi connectivity index (χ0) is 11.6. The van der Waals surface area contributed by atoms with E-state index in [2.05, 4.69) is 5.10 Å². The third-order valence-corrected chi connectivity index (χ3v) is 1.75. The number of hydrogen-bond donors (Lipinski definition) is 0. The highest BCUT2D eigenvalue weighted by molar-refractivity contribution is 5.86. The lowest BCUT2D eigenvalue weighted by Crippen LogP contribution is -2.33. The number of aromatic nitrogens is 2. The van der Waals surface area contributed by atoms with Crippen LogP contribution in [0.3, 0.4) is 0 Å². The lowest BCUT2D eigenvalue weighted by atomic mass is 10.2. The summed E-state index contributed by atoms with van der Waals surface area (Å²) in [4.78, 5) is 13.1. The average molecular weight is 211 g/mol. The molecule has 0 atom stereocenters. The van der Waals surface area contributed by atoms with E-state index < -0.39 is 5.60 Å². The molecule has 0 unspecified atom stereocenters. The third kappa shape index (κ3) is 3.27. The minimum Gasteiger partial charge on any atom is -0.443 e. The van der Waals surface area contributed by atoms with Gasteiger partial charge in [0.05, 0.1) is 11.9 Å². The molecule has 0 saturated heterocycles. The van der Waals surface area contributed by atoms with Crippen LogP contribution < -0.4 is 4.90 Å². The fourth-order valence-electron chi connectivity index (χ4n) is 1.02. The molecule has 15 heavy (non-hydrogen) atoms. The van der Waals surface area contributed by atoms with Crippen LogP contribution in [0.2, 0.25) is 0 Å². The summed E-state index contributed by atoms with van der Waals surface area (Å²) in [5.41, 5.74) is 0.236. The molecule has 1 rings (SSSR count). The number of ether oxygens (including phenoxy) is 1. The molecule has 0 spiro atoms. The molecular formula is C10H17N3O2. The van der Waals surface area contributed by atoms with E-state index in [1.54, 1.807) is 31.2 Å². The molecule has 0 N–H and O–H groups in total. The fourth-order valence-corrected chi connectivity index (χ4v) is 1.02. The van der Waals surface area contributed by atoms with Crippen LogP contribution in [0.4, 0.5) is 10.5 Å². The Balaban J connectivity index is 2.69. The van der Waals surface area contributed by atoms with E-state index in [4.69, 9.17) is 4.74 Å². The molecule has 0 fully saturated rings. The summed E-state index contributed by atoms with van der Waals surface area (Å²) in [5, 5.41) is 3.98. The van der Waals surface area contributed by atoms with Gasteiger partial charge in [0, 0.05) is 20.3 Å². The van der Waals surface area contributed by atoms with Crippen molar-refractivity contribution in [3.8, 4) is 0 Å². The van der Waals surface area contributed by atoms with Crippen molar-refractivity contribution in [2.24, 2.45) is 7.05 Å². The van der Waals surface area contributed by atoms with Crippen LogP contribution in [0.25, 0.3) is 0 Å². The number of rotatable bonds is 1. The zero-order valence-corrected chi connectivity index (χ0v) is 9.81. The average Bonchev–Trinajstić information content (AvgIpc) is 2.47. The van der Waals surface area contributed by atoms with Crippen molar-refractivity contribution < 1.29 is 9.53 Å². The molecule has 1 aromatic rings. The maximum Gasteiger partial charge on any atom is 0.414 e. The third-order valence-electron chi connectivity index (χ3n) is 1.75. The first-order valence-corrected chi connectivity index (χ1v) is 4.75. The summed E-state index contributed by atoms with van der Waals surface area (Å²) in [7, 11) is 3.46. The van der Waals surface area contributed by atoms with E-state index in [9.17, 15) is 4.79 Å². The molecule has 1 heterocycles. The molecule has 0 bridgehead atoms. The van der Waals surface area contributed by atoms with E-state index in [0.717, 1.165) is 0 Å². The van der Waals surface area contributed by atoms with Crippen molar-refractivity contribution in [2.45, 2.75) is 26.4 Å². The van der Waals surface area contributed by atoms with Gasteiger partial charge in [-0.05, 0) is 20.8 Å². The van der Waals surface area contributed by atoms with Crippen molar-refractivity contribution in [3.05, 3.63) is 12.4 Å². The van der Waals surface area contributed by atoms with Gasteiger partial charge in [0.25, 0.3) is 0 Å². The van der Waals surface area contributed by atoms with Gasteiger partial charge in [-0.25, -0.2) is 4.79 Å². The van der Waals surface area contributed by atoms with Crippen molar-refractivity contribution >= 4 is 11.8 Å². The Morgan fingerprint density at radius 1 is 1.53 bits per heavy atom. The van der Waals surface area contributed by atoms with Gasteiger partial charge in [-0.1, -0.05) is 0 Å². The molecule has 0 aromatic carbocycles. The first kappa shape index (κ1) is 11.6. The number of nitrogens with zero attached hydrogens (tertiary/aromatic N) is 3. The summed E-state index contributed by atoms with van der Waals surface area (Å²) in [6.45, 7) is 5.51. The number of amides is 1. The molecule has 1 aromatic heterocycles. The zero-order valence-electron chi connectivity index (χ0n) is 9.81. The van der Waals surface area contributed by atoms with Gasteiger partial charge in [0.1, 0.15) is 5.60 Å². The number of carbonyl (C=O) groups excluding carboxylic acids is 1. The number of aryl methyl sites for hydroxylation is 1. The predicted octanol–water partition coefficient (Wildman–Crippen LogP) is 1.79. The Morgan fingerprint density at radius 2 is 2.13 bits per heavy atom. The number of hydrogen-bond acceptors (Lipinski definition) is 3. The quantitative estimate of drug-likeness (QED) is 0.711. The SMILES string of the molecule is CN(C(=O)OC(C)(C)C)c1cnn(C)c1. The summed E-state index contributed by atoms with van der Waals surface area (Å²) in [6, 6.07) is 0. The Labute approximate surface area is 89.6 Å². The monoisotopic (exact) mass is 211 g/mol. The van der Waals surface area contributed by atoms with Crippen LogP contribution >= 0.6 is 0 Å². The molecule has 0 aliphatic heterocycles. The standard InChI is InChI=1S/C10H17N3O2/c1-10(2,3)15-9(14)13(5)8-6-11-12(4)7-8/h6-7H,1-5H3. The van der Waals surface area contributed by atoms with Crippen LogP contribution in [0.5, 0.6) is 0 Å². The second kappa shape index (κ2) is 3.92. The lowest BCUT2D eigenvalue weighted by Gasteiger charge is -2.23. The second-order valence-electron chi connectivity index (χ2n) is 4.41. The molecule has 84 valence electrons. The van der Waals surface area contributed by atoms with Crippen LogP contribution in [0.1, 0.15) is 20.8 Å². The van der Waals surface area contributed by atoms with Crippen LogP contribution in [0, 0.1) is 0 Å². The van der Waals surface area contributed by atoms with Crippen LogP contribution in [0.15, 0.2) is 12.4 Å². The van der Waals surface area contributed by atoms with Crippen LogP contribution in [-0.2, 0) is 11.8 Å². The van der Waals surface area contributed by atoms with Gasteiger partial charge in [-0.2, -0.15) is 5.10 Å². The normalized spacial score (nSPS) is 11.3. The smallest absolute Gasteiger partial charge is 0.414 e. The topological polar surface area (TPSA) is 47.4 Å². The van der Waals surface area contributed by atoms with Gasteiger partial charge in [0.2, 0.25) is 0 Å². The highest BCUT2D eigenvalue weighted by Gasteiger charge is 2.20. The Hall–Kier alpha value is -1.52. The van der Waals surface area contributed by atoms with Crippen LogP contribution in [-0.4, -0.2) is 28.5 Å². The number of anilines is 1. The maximum atomic E-state index is 11.6. The number of carbonyl (C=O) groups is 1. The van der Waals surface area contributed by atoms with Gasteiger partial charge >= 0.3 is 6.09 Å². The highest BCUT2D eigenvalue weighted by Crippen LogP contribution is 2.15. The predicted molar refractivity (Wildman–Crippen MR) is 57.8 cm³/mol. The molecule has 5 nitrogen and oxygen atoms in total. The molecule has 0 radical (unpaired) electrons. The lowest BCUT2D eigenvalue weighted by molar-refractivity contribution is 0.0589. The summed E-state index contributed by atoms with van der Waals surface area (Å²) in [5.74, 6) is 0. The Bertz CT molecular complexity index is 352. The van der Waals surface area contributed by atoms with E-state index in [0.29, 0.717) is 5.69 Å². The fraction of sp³-hybridized carbons (Fsp3) is 0.600. The second-order valence-corrected chi connectivity index (χ2v) is 4.41. The molecule has 0 aliphatic carbocycles. The molecule has 5 heteroatoms. The van der Waals surface area contributed by atoms with Crippen molar-refractivity contribution in [2.75, 3.05) is 11.9 Å². The van der Waals surface area contributed by atoms with Crippen molar-refractivity contribution in [1.29, 1.82) is 0 Å². The van der Waals surface area contributed by atoms with E-state index in [1.807, 2.05) is 20.8 Å². The molecule has 0 saturated carbocycles. The maximum absolute atomic E-state index is 11.6. The minimum atomic E-state index is -0.479. The first-order valence-electron chi connectivity index (χ1n) is 4.75. The van der Waals surface area contributed by atoms with E-state index >= 15 is 0 Å². The Morgan fingerprint density at radius 3 is 2.53 bits per heavy atom.